The number of rotatable bonds is 5. The van der Waals surface area contributed by atoms with Crippen molar-refractivity contribution in [3.63, 3.8) is 0 Å². The molecule has 0 radical (unpaired) electrons. The van der Waals surface area contributed by atoms with Crippen molar-refractivity contribution in [2.75, 3.05) is 10.2 Å². The average Bonchev–Trinajstić information content (AvgIpc) is 3.29. The fourth-order valence-corrected chi connectivity index (χ4v) is 4.29. The Hall–Kier alpha value is -2.80. The molecule has 1 aromatic heterocycles. The third-order valence-corrected chi connectivity index (χ3v) is 5.67. The van der Waals surface area contributed by atoms with E-state index in [0.29, 0.717) is 23.8 Å². The van der Waals surface area contributed by atoms with Gasteiger partial charge in [0.15, 0.2) is 5.82 Å². The number of amides is 2. The molecule has 2 amide bonds. The molecule has 144 valence electrons. The minimum absolute atomic E-state index is 0.165. The van der Waals surface area contributed by atoms with E-state index in [-0.39, 0.29) is 16.5 Å². The summed E-state index contributed by atoms with van der Waals surface area (Å²) in [7, 11) is 0. The highest BCUT2D eigenvalue weighted by atomic mass is 35.5. The molecule has 1 N–H and O–H groups in total. The van der Waals surface area contributed by atoms with Crippen LogP contribution in [0.2, 0.25) is 5.02 Å². The summed E-state index contributed by atoms with van der Waals surface area (Å²) in [5, 5.41) is 2.94. The summed E-state index contributed by atoms with van der Waals surface area (Å²) in [6.45, 7) is 0. The maximum atomic E-state index is 13.1. The Morgan fingerprint density at radius 2 is 2.04 bits per heavy atom. The van der Waals surface area contributed by atoms with Crippen molar-refractivity contribution in [2.24, 2.45) is 5.92 Å². The van der Waals surface area contributed by atoms with Gasteiger partial charge < -0.3 is 5.32 Å². The number of fused-ring (bicyclic) bond motifs is 1. The summed E-state index contributed by atoms with van der Waals surface area (Å²) in [5.41, 5.74) is 0.553. The molecule has 1 atom stereocenters. The first-order valence-corrected chi connectivity index (χ1v) is 9.67. The Kier molecular flexibility index (Phi) is 5.09. The number of benzene rings is 1. The van der Waals surface area contributed by atoms with Gasteiger partial charge in [0.1, 0.15) is 6.04 Å². The van der Waals surface area contributed by atoms with E-state index in [0.717, 1.165) is 25.7 Å². The molecular formula is C20H19ClN4O3. The lowest BCUT2D eigenvalue weighted by Gasteiger charge is -2.29. The molecule has 1 fully saturated rings. The Morgan fingerprint density at radius 1 is 1.25 bits per heavy atom. The van der Waals surface area contributed by atoms with E-state index in [1.54, 1.807) is 18.2 Å². The van der Waals surface area contributed by atoms with Gasteiger partial charge in [0.2, 0.25) is 5.91 Å². The number of halogens is 1. The lowest BCUT2D eigenvalue weighted by atomic mass is 9.96. The molecule has 0 bridgehead atoms. The van der Waals surface area contributed by atoms with Crippen LogP contribution in [-0.4, -0.2) is 33.6 Å². The SMILES string of the molecule is O=C1C(=O)N(C(CC2CCCC2)C(=O)Nc2cnccn2)c2cccc(Cl)c21. The predicted molar refractivity (Wildman–Crippen MR) is 104 cm³/mol. The highest BCUT2D eigenvalue weighted by Gasteiger charge is 2.44. The number of carbonyl (C=O) groups excluding carboxylic acids is 3. The number of nitrogens with one attached hydrogen (secondary N) is 1. The van der Waals surface area contributed by atoms with Gasteiger partial charge in [-0.2, -0.15) is 0 Å². The molecule has 28 heavy (non-hydrogen) atoms. The van der Waals surface area contributed by atoms with Gasteiger partial charge in [-0.1, -0.05) is 43.4 Å². The highest BCUT2D eigenvalue weighted by molar-refractivity contribution is 6.55. The van der Waals surface area contributed by atoms with Gasteiger partial charge in [-0.3, -0.25) is 24.3 Å². The monoisotopic (exact) mass is 398 g/mol. The molecule has 8 heteroatoms. The number of carbonyl (C=O) groups is 3. The van der Waals surface area contributed by atoms with E-state index in [1.165, 1.54) is 23.5 Å². The standard InChI is InChI=1S/C20H19ClN4O3/c21-13-6-3-7-14-17(13)18(26)20(28)25(14)15(10-12-4-1-2-5-12)19(27)24-16-11-22-8-9-23-16/h3,6-9,11-12,15H,1-2,4-5,10H2,(H,23,24,27). The van der Waals surface area contributed by atoms with E-state index in [4.69, 9.17) is 11.6 Å². The molecule has 0 spiro atoms. The van der Waals surface area contributed by atoms with Crippen LogP contribution in [0.5, 0.6) is 0 Å². The summed E-state index contributed by atoms with van der Waals surface area (Å²) < 4.78 is 0. The third kappa shape index (κ3) is 3.38. The molecule has 2 aromatic rings. The van der Waals surface area contributed by atoms with Crippen LogP contribution in [0.1, 0.15) is 42.5 Å². The number of nitrogens with zero attached hydrogens (tertiary/aromatic N) is 3. The highest BCUT2D eigenvalue weighted by Crippen LogP contribution is 2.38. The molecule has 1 aliphatic heterocycles. The largest absolute Gasteiger partial charge is 0.308 e. The quantitative estimate of drug-likeness (QED) is 0.780. The van der Waals surface area contributed by atoms with Crippen molar-refractivity contribution in [3.8, 4) is 0 Å². The molecule has 1 aliphatic carbocycles. The first-order valence-electron chi connectivity index (χ1n) is 9.29. The first kappa shape index (κ1) is 18.6. The molecule has 1 aromatic carbocycles. The maximum Gasteiger partial charge on any atom is 0.300 e. The zero-order chi connectivity index (χ0) is 19.7. The summed E-state index contributed by atoms with van der Waals surface area (Å²) >= 11 is 6.16. The van der Waals surface area contributed by atoms with E-state index >= 15 is 0 Å². The van der Waals surface area contributed by atoms with Gasteiger partial charge in [-0.05, 0) is 24.5 Å². The van der Waals surface area contributed by atoms with Crippen LogP contribution in [0.15, 0.2) is 36.8 Å². The minimum Gasteiger partial charge on any atom is -0.308 e. The van der Waals surface area contributed by atoms with Crippen LogP contribution >= 0.6 is 11.6 Å². The molecule has 7 nitrogen and oxygen atoms in total. The minimum atomic E-state index is -0.818. The molecule has 2 aliphatic rings. The van der Waals surface area contributed by atoms with E-state index in [1.807, 2.05) is 0 Å². The van der Waals surface area contributed by atoms with Crippen LogP contribution in [0.3, 0.4) is 0 Å². The summed E-state index contributed by atoms with van der Waals surface area (Å²) in [6.07, 6.45) is 9.13. The van der Waals surface area contributed by atoms with Gasteiger partial charge in [0.25, 0.3) is 11.7 Å². The second kappa shape index (κ2) is 7.67. The lowest BCUT2D eigenvalue weighted by molar-refractivity contribution is -0.121. The molecule has 1 unspecified atom stereocenters. The molecule has 1 saturated carbocycles. The first-order chi connectivity index (χ1) is 13.6. The van der Waals surface area contributed by atoms with Gasteiger partial charge in [-0.25, -0.2) is 4.98 Å². The van der Waals surface area contributed by atoms with Crippen molar-refractivity contribution >= 4 is 40.7 Å². The van der Waals surface area contributed by atoms with Gasteiger partial charge in [0.05, 0.1) is 22.5 Å². The topological polar surface area (TPSA) is 92.3 Å². The zero-order valence-corrected chi connectivity index (χ0v) is 15.9. The number of hydrogen-bond acceptors (Lipinski definition) is 5. The molecule has 0 saturated heterocycles. The normalized spacial score (nSPS) is 17.7. The van der Waals surface area contributed by atoms with Crippen molar-refractivity contribution in [2.45, 2.75) is 38.1 Å². The predicted octanol–water partition coefficient (Wildman–Crippen LogP) is 3.25. The van der Waals surface area contributed by atoms with E-state index in [9.17, 15) is 14.4 Å². The number of hydrogen-bond donors (Lipinski definition) is 1. The fourth-order valence-electron chi connectivity index (χ4n) is 4.04. The Morgan fingerprint density at radius 3 is 2.75 bits per heavy atom. The maximum absolute atomic E-state index is 13.1. The van der Waals surface area contributed by atoms with Crippen LogP contribution in [-0.2, 0) is 9.59 Å². The second-order valence-electron chi connectivity index (χ2n) is 7.12. The van der Waals surface area contributed by atoms with Crippen molar-refractivity contribution < 1.29 is 14.4 Å². The van der Waals surface area contributed by atoms with Crippen LogP contribution in [0.4, 0.5) is 11.5 Å². The number of ketones is 1. The number of Topliss-reactive ketones (excluding diaryl/α,β-unsaturated/α-hetero) is 1. The fraction of sp³-hybridized carbons (Fsp3) is 0.350. The van der Waals surface area contributed by atoms with Crippen molar-refractivity contribution in [1.82, 2.24) is 9.97 Å². The van der Waals surface area contributed by atoms with Crippen molar-refractivity contribution in [1.29, 1.82) is 0 Å². The average molecular weight is 399 g/mol. The summed E-state index contributed by atoms with van der Waals surface area (Å²) in [4.78, 5) is 47.7. The van der Waals surface area contributed by atoms with Gasteiger partial charge in [-0.15, -0.1) is 0 Å². The smallest absolute Gasteiger partial charge is 0.300 e. The van der Waals surface area contributed by atoms with Crippen LogP contribution in [0, 0.1) is 5.92 Å². The Bertz CT molecular complexity index is 928. The number of aromatic nitrogens is 2. The Labute approximate surface area is 167 Å². The Balaban J connectivity index is 1.69. The summed E-state index contributed by atoms with van der Waals surface area (Å²) in [6, 6.07) is 4.08. The van der Waals surface area contributed by atoms with Gasteiger partial charge >= 0.3 is 0 Å². The zero-order valence-electron chi connectivity index (χ0n) is 15.1. The molecule has 2 heterocycles. The van der Waals surface area contributed by atoms with E-state index in [2.05, 4.69) is 15.3 Å². The third-order valence-electron chi connectivity index (χ3n) is 5.35. The molecule has 4 rings (SSSR count). The van der Waals surface area contributed by atoms with Crippen LogP contribution < -0.4 is 10.2 Å². The van der Waals surface area contributed by atoms with Crippen molar-refractivity contribution in [3.05, 3.63) is 47.4 Å². The molecular weight excluding hydrogens is 380 g/mol. The van der Waals surface area contributed by atoms with E-state index < -0.39 is 17.7 Å². The summed E-state index contributed by atoms with van der Waals surface area (Å²) in [5.74, 6) is -1.16. The lowest BCUT2D eigenvalue weighted by Crippen LogP contribution is -2.48. The second-order valence-corrected chi connectivity index (χ2v) is 7.53. The number of anilines is 2. The van der Waals surface area contributed by atoms with Gasteiger partial charge in [0, 0.05) is 12.4 Å². The van der Waals surface area contributed by atoms with Crippen LogP contribution in [0.25, 0.3) is 0 Å².